The summed E-state index contributed by atoms with van der Waals surface area (Å²) >= 11 is 0. The summed E-state index contributed by atoms with van der Waals surface area (Å²) in [6, 6.07) is 0. The van der Waals surface area contributed by atoms with Crippen molar-refractivity contribution >= 4 is 0 Å². The fraction of sp³-hybridized carbons (Fsp3) is 0.947. The lowest BCUT2D eigenvalue weighted by atomic mass is 10.0. The van der Waals surface area contributed by atoms with Gasteiger partial charge >= 0.3 is 0 Å². The Morgan fingerprint density at radius 1 is 0.400 bits per heavy atom. The van der Waals surface area contributed by atoms with Gasteiger partial charge in [0.1, 0.15) is 0 Å². The summed E-state index contributed by atoms with van der Waals surface area (Å²) in [7, 11) is 0. The molecule has 0 aromatic heterocycles. The lowest BCUT2D eigenvalue weighted by Gasteiger charge is -2.03. The summed E-state index contributed by atoms with van der Waals surface area (Å²) < 4.78 is 0. The zero-order valence-electron chi connectivity index (χ0n) is 13.8. The molecule has 0 N–H and O–H groups in total. The summed E-state index contributed by atoms with van der Waals surface area (Å²) in [6.45, 7) is 4.00. The Kier molecular flexibility index (Phi) is 18.9. The summed E-state index contributed by atoms with van der Waals surface area (Å²) in [5.74, 6) is 0. The Labute approximate surface area is 128 Å². The summed E-state index contributed by atoms with van der Waals surface area (Å²) in [4.78, 5) is 0. The highest BCUT2D eigenvalue weighted by atomic mass is 16.2. The zero-order valence-corrected chi connectivity index (χ0v) is 13.8. The van der Waals surface area contributed by atoms with Crippen molar-refractivity contribution in [3.63, 3.8) is 0 Å². The minimum atomic E-state index is 0.121. The molecule has 0 saturated carbocycles. The van der Waals surface area contributed by atoms with Crippen LogP contribution in [0.1, 0.15) is 109 Å². The Hall–Kier alpha value is -0.0400. The highest BCUT2D eigenvalue weighted by Gasteiger charge is 1.94. The van der Waals surface area contributed by atoms with Crippen LogP contribution in [0.15, 0.2) is 0 Å². The van der Waals surface area contributed by atoms with Crippen LogP contribution in [0.4, 0.5) is 0 Å². The average Bonchev–Trinajstić information content (AvgIpc) is 2.47. The predicted molar refractivity (Wildman–Crippen MR) is 89.4 cm³/mol. The van der Waals surface area contributed by atoms with E-state index in [1.807, 2.05) is 0 Å². The second kappa shape index (κ2) is 19.0. The Balaban J connectivity index is 2.89. The standard InChI is InChI=1S/C19H38O/c1-2-3-4-5-6-7-8-9-10-11-12-13-14-15-16-17-18-19-20/h1-19H2. The first-order valence-electron chi connectivity index (χ1n) is 9.29. The molecule has 2 radical (unpaired) electrons. The van der Waals surface area contributed by atoms with Crippen molar-refractivity contribution in [2.24, 2.45) is 0 Å². The molecule has 1 heteroatoms. The molecule has 1 nitrogen and oxygen atoms in total. The first-order valence-corrected chi connectivity index (χ1v) is 9.29. The number of hydrogen-bond acceptors (Lipinski definition) is 0. The lowest BCUT2D eigenvalue weighted by molar-refractivity contribution is 0.186. The SMILES string of the molecule is [CH2]CCCCCCCCCCCCCCCCCC[O]. The minimum absolute atomic E-state index is 0.121. The fourth-order valence-corrected chi connectivity index (χ4v) is 2.75. The molecular weight excluding hydrogens is 244 g/mol. The van der Waals surface area contributed by atoms with Crippen LogP contribution in [0.3, 0.4) is 0 Å². The van der Waals surface area contributed by atoms with E-state index in [2.05, 4.69) is 6.92 Å². The van der Waals surface area contributed by atoms with E-state index in [9.17, 15) is 5.11 Å². The van der Waals surface area contributed by atoms with Gasteiger partial charge in [-0.05, 0) is 6.42 Å². The molecule has 0 aromatic carbocycles. The third-order valence-corrected chi connectivity index (χ3v) is 4.14. The zero-order chi connectivity index (χ0) is 14.7. The second-order valence-electron chi connectivity index (χ2n) is 6.21. The van der Waals surface area contributed by atoms with E-state index in [-0.39, 0.29) is 6.61 Å². The van der Waals surface area contributed by atoms with Crippen molar-refractivity contribution in [3.05, 3.63) is 6.92 Å². The molecule has 0 fully saturated rings. The van der Waals surface area contributed by atoms with Gasteiger partial charge in [0.2, 0.25) is 0 Å². The minimum Gasteiger partial charge on any atom is -0.237 e. The van der Waals surface area contributed by atoms with E-state index < -0.39 is 0 Å². The first-order chi connectivity index (χ1) is 9.91. The Morgan fingerprint density at radius 3 is 0.900 bits per heavy atom. The van der Waals surface area contributed by atoms with E-state index in [4.69, 9.17) is 0 Å². The predicted octanol–water partition coefficient (Wildman–Crippen LogP) is 6.88. The van der Waals surface area contributed by atoms with Crippen LogP contribution in [-0.4, -0.2) is 6.61 Å². The van der Waals surface area contributed by atoms with Crippen molar-refractivity contribution < 1.29 is 5.11 Å². The maximum Gasteiger partial charge on any atom is 0.0822 e. The Bertz CT molecular complexity index is 138. The molecule has 0 bridgehead atoms. The largest absolute Gasteiger partial charge is 0.237 e. The van der Waals surface area contributed by atoms with Gasteiger partial charge < -0.3 is 0 Å². The monoisotopic (exact) mass is 282 g/mol. The summed E-state index contributed by atoms with van der Waals surface area (Å²) in [6.07, 6.45) is 22.7. The van der Waals surface area contributed by atoms with E-state index in [0.717, 1.165) is 19.3 Å². The first kappa shape index (κ1) is 20.0. The third kappa shape index (κ3) is 18.0. The Morgan fingerprint density at radius 2 is 0.650 bits per heavy atom. The summed E-state index contributed by atoms with van der Waals surface area (Å²) in [5.41, 5.74) is 0. The third-order valence-electron chi connectivity index (χ3n) is 4.14. The van der Waals surface area contributed by atoms with Crippen LogP contribution in [0.5, 0.6) is 0 Å². The van der Waals surface area contributed by atoms with Crippen LogP contribution in [0, 0.1) is 6.92 Å². The van der Waals surface area contributed by atoms with E-state index in [1.165, 1.54) is 89.9 Å². The highest BCUT2D eigenvalue weighted by Crippen LogP contribution is 2.13. The molecule has 0 aliphatic heterocycles. The summed E-state index contributed by atoms with van der Waals surface area (Å²) in [5, 5.41) is 10.3. The van der Waals surface area contributed by atoms with Gasteiger partial charge in [-0.25, -0.2) is 5.11 Å². The van der Waals surface area contributed by atoms with Crippen molar-refractivity contribution in [2.45, 2.75) is 109 Å². The fourth-order valence-electron chi connectivity index (χ4n) is 2.75. The van der Waals surface area contributed by atoms with Crippen LogP contribution in [0.2, 0.25) is 0 Å². The highest BCUT2D eigenvalue weighted by molar-refractivity contribution is 4.50. The molecule has 0 saturated heterocycles. The van der Waals surface area contributed by atoms with Crippen molar-refractivity contribution in [3.8, 4) is 0 Å². The quantitative estimate of drug-likeness (QED) is 0.259. The van der Waals surface area contributed by atoms with Crippen LogP contribution < -0.4 is 0 Å². The van der Waals surface area contributed by atoms with E-state index in [0.29, 0.717) is 0 Å². The average molecular weight is 283 g/mol. The van der Waals surface area contributed by atoms with Crippen LogP contribution in [0.25, 0.3) is 0 Å². The topological polar surface area (TPSA) is 19.9 Å². The van der Waals surface area contributed by atoms with Crippen molar-refractivity contribution in [1.29, 1.82) is 0 Å². The molecule has 0 atom stereocenters. The molecule has 120 valence electrons. The van der Waals surface area contributed by atoms with Gasteiger partial charge in [0.15, 0.2) is 0 Å². The van der Waals surface area contributed by atoms with E-state index in [1.54, 1.807) is 0 Å². The number of unbranched alkanes of at least 4 members (excludes halogenated alkanes) is 16. The number of rotatable bonds is 17. The molecule has 0 aromatic rings. The van der Waals surface area contributed by atoms with Gasteiger partial charge in [0.05, 0.1) is 6.61 Å². The van der Waals surface area contributed by atoms with Gasteiger partial charge in [-0.1, -0.05) is 110 Å². The van der Waals surface area contributed by atoms with E-state index >= 15 is 0 Å². The smallest absolute Gasteiger partial charge is 0.0822 e. The molecule has 0 amide bonds. The second-order valence-corrected chi connectivity index (χ2v) is 6.21. The molecule has 0 spiro atoms. The molecule has 0 heterocycles. The lowest BCUT2D eigenvalue weighted by Crippen LogP contribution is -1.84. The van der Waals surface area contributed by atoms with Gasteiger partial charge in [0, 0.05) is 0 Å². The molecule has 0 rings (SSSR count). The van der Waals surface area contributed by atoms with Crippen molar-refractivity contribution in [2.75, 3.05) is 6.61 Å². The van der Waals surface area contributed by atoms with Crippen LogP contribution in [-0.2, 0) is 5.11 Å². The molecule has 20 heavy (non-hydrogen) atoms. The van der Waals surface area contributed by atoms with Gasteiger partial charge in [-0.3, -0.25) is 0 Å². The van der Waals surface area contributed by atoms with Gasteiger partial charge in [0.25, 0.3) is 0 Å². The molecule has 0 aliphatic rings. The number of hydrogen-bond donors (Lipinski definition) is 0. The normalized spacial score (nSPS) is 11.1. The van der Waals surface area contributed by atoms with Gasteiger partial charge in [-0.2, -0.15) is 0 Å². The van der Waals surface area contributed by atoms with Crippen molar-refractivity contribution in [1.82, 2.24) is 0 Å². The maximum atomic E-state index is 10.3. The van der Waals surface area contributed by atoms with Gasteiger partial charge in [-0.15, -0.1) is 0 Å². The molecule has 0 unspecified atom stereocenters. The maximum absolute atomic E-state index is 10.3. The van der Waals surface area contributed by atoms with Crippen LogP contribution >= 0.6 is 0 Å². The molecule has 0 aliphatic carbocycles. The molecular formula is C19H38O.